The molecule has 0 spiro atoms. The Bertz CT molecular complexity index is 783. The maximum absolute atomic E-state index is 12.2. The number of hydrogen-bond donors (Lipinski definition) is 3. The highest BCUT2D eigenvalue weighted by Gasteiger charge is 2.21. The second kappa shape index (κ2) is 8.10. The molecular weight excluding hydrogens is 308 g/mol. The molecule has 0 saturated heterocycles. The number of amides is 1. The number of benzene rings is 1. The Balaban J connectivity index is 0.000000647. The quantitative estimate of drug-likeness (QED) is 0.730. The van der Waals surface area contributed by atoms with Crippen molar-refractivity contribution in [3.63, 3.8) is 0 Å². The van der Waals surface area contributed by atoms with E-state index >= 15 is 0 Å². The van der Waals surface area contributed by atoms with Crippen LogP contribution in [0.5, 0.6) is 0 Å². The topological polar surface area (TPSA) is 99.3 Å². The Morgan fingerprint density at radius 1 is 1.25 bits per heavy atom. The molecule has 0 bridgehead atoms. The van der Waals surface area contributed by atoms with Crippen LogP contribution in [-0.2, 0) is 17.6 Å². The van der Waals surface area contributed by atoms with Gasteiger partial charge in [-0.05, 0) is 49.4 Å². The van der Waals surface area contributed by atoms with Crippen LogP contribution >= 0.6 is 0 Å². The van der Waals surface area contributed by atoms with Crippen molar-refractivity contribution in [2.75, 3.05) is 0 Å². The van der Waals surface area contributed by atoms with Crippen LogP contribution < -0.4 is 10.9 Å². The van der Waals surface area contributed by atoms with Crippen molar-refractivity contribution >= 4 is 12.4 Å². The van der Waals surface area contributed by atoms with Crippen LogP contribution in [0.15, 0.2) is 41.2 Å². The zero-order valence-corrected chi connectivity index (χ0v) is 13.4. The van der Waals surface area contributed by atoms with Gasteiger partial charge in [0, 0.05) is 11.7 Å². The largest absolute Gasteiger partial charge is 0.483 e. The normalized spacial score (nSPS) is 15.5. The van der Waals surface area contributed by atoms with E-state index in [1.807, 2.05) is 12.1 Å². The molecule has 6 heteroatoms. The Morgan fingerprint density at radius 3 is 2.58 bits per heavy atom. The highest BCUT2D eigenvalue weighted by atomic mass is 16.3. The van der Waals surface area contributed by atoms with Crippen molar-refractivity contribution in [1.82, 2.24) is 10.3 Å². The van der Waals surface area contributed by atoms with Gasteiger partial charge in [-0.3, -0.25) is 14.4 Å². The van der Waals surface area contributed by atoms with E-state index in [2.05, 4.69) is 22.4 Å². The fourth-order valence-corrected chi connectivity index (χ4v) is 2.84. The predicted octanol–water partition coefficient (Wildman–Crippen LogP) is 1.67. The van der Waals surface area contributed by atoms with Crippen molar-refractivity contribution in [3.05, 3.63) is 69.1 Å². The number of H-pyrrole nitrogens is 1. The maximum Gasteiger partial charge on any atom is 0.290 e. The Labute approximate surface area is 139 Å². The summed E-state index contributed by atoms with van der Waals surface area (Å²) in [6, 6.07) is 11.7. The highest BCUT2D eigenvalue weighted by Crippen LogP contribution is 2.21. The lowest BCUT2D eigenvalue weighted by Gasteiger charge is -2.25. The van der Waals surface area contributed by atoms with Gasteiger partial charge in [0.1, 0.15) is 5.56 Å². The number of aryl methyl sites for hydroxylation is 2. The second-order valence-electron chi connectivity index (χ2n) is 5.67. The lowest BCUT2D eigenvalue weighted by Crippen LogP contribution is -2.40. The van der Waals surface area contributed by atoms with Gasteiger partial charge < -0.3 is 15.4 Å². The molecule has 0 radical (unpaired) electrons. The first-order chi connectivity index (χ1) is 11.5. The number of hydrogen-bond acceptors (Lipinski definition) is 3. The summed E-state index contributed by atoms with van der Waals surface area (Å²) in [6.07, 6.45) is 2.70. The van der Waals surface area contributed by atoms with Gasteiger partial charge in [-0.15, -0.1) is 0 Å². The van der Waals surface area contributed by atoms with Gasteiger partial charge >= 0.3 is 0 Å². The van der Waals surface area contributed by atoms with E-state index < -0.39 is 0 Å². The van der Waals surface area contributed by atoms with Gasteiger partial charge in [0.15, 0.2) is 0 Å². The molecular formula is C18H20N2O4. The van der Waals surface area contributed by atoms with E-state index in [4.69, 9.17) is 9.90 Å². The fourth-order valence-electron chi connectivity index (χ4n) is 2.84. The van der Waals surface area contributed by atoms with Crippen molar-refractivity contribution in [3.8, 4) is 0 Å². The second-order valence-corrected chi connectivity index (χ2v) is 5.67. The molecule has 1 heterocycles. The highest BCUT2D eigenvalue weighted by molar-refractivity contribution is 5.94. The summed E-state index contributed by atoms with van der Waals surface area (Å²) in [5.74, 6) is -0.291. The third-order valence-electron chi connectivity index (χ3n) is 3.98. The number of aromatic nitrogens is 1. The number of carbonyl (C=O) groups excluding carboxylic acids is 1. The van der Waals surface area contributed by atoms with Crippen molar-refractivity contribution in [1.29, 1.82) is 0 Å². The number of rotatable bonds is 2. The van der Waals surface area contributed by atoms with Crippen LogP contribution in [0, 0.1) is 6.92 Å². The average molecular weight is 328 g/mol. The molecule has 0 unspecified atom stereocenters. The molecule has 1 aromatic carbocycles. The van der Waals surface area contributed by atoms with Gasteiger partial charge in [-0.2, -0.15) is 0 Å². The minimum Gasteiger partial charge on any atom is -0.483 e. The first-order valence-electron chi connectivity index (χ1n) is 7.70. The molecule has 6 nitrogen and oxygen atoms in total. The number of pyridine rings is 1. The third-order valence-corrected chi connectivity index (χ3v) is 3.98. The molecule has 1 aliphatic carbocycles. The summed E-state index contributed by atoms with van der Waals surface area (Å²) >= 11 is 0. The molecule has 0 fully saturated rings. The molecule has 1 aromatic heterocycles. The molecule has 126 valence electrons. The van der Waals surface area contributed by atoms with Crippen LogP contribution in [0.3, 0.4) is 0 Å². The van der Waals surface area contributed by atoms with Crippen LogP contribution in [0.25, 0.3) is 0 Å². The van der Waals surface area contributed by atoms with Crippen LogP contribution in [-0.4, -0.2) is 28.5 Å². The lowest BCUT2D eigenvalue weighted by atomic mass is 9.88. The third kappa shape index (κ3) is 4.32. The summed E-state index contributed by atoms with van der Waals surface area (Å²) < 4.78 is 0. The molecule has 3 N–H and O–H groups in total. The maximum atomic E-state index is 12.2. The van der Waals surface area contributed by atoms with Crippen molar-refractivity contribution < 1.29 is 14.7 Å². The Hall–Kier alpha value is -2.89. The van der Waals surface area contributed by atoms with Gasteiger partial charge in [0.05, 0.1) is 0 Å². The van der Waals surface area contributed by atoms with Crippen molar-refractivity contribution in [2.24, 2.45) is 0 Å². The number of carboxylic acid groups (broad SMARTS) is 1. The minimum atomic E-state index is -0.330. The minimum absolute atomic E-state index is 0.0908. The molecule has 0 saturated carbocycles. The van der Waals surface area contributed by atoms with Crippen LogP contribution in [0.4, 0.5) is 0 Å². The van der Waals surface area contributed by atoms with E-state index in [9.17, 15) is 9.59 Å². The van der Waals surface area contributed by atoms with E-state index in [1.165, 1.54) is 11.1 Å². The molecule has 1 aliphatic rings. The predicted molar refractivity (Wildman–Crippen MR) is 90.2 cm³/mol. The fraction of sp³-hybridized carbons (Fsp3) is 0.278. The summed E-state index contributed by atoms with van der Waals surface area (Å²) in [5.41, 5.74) is 3.24. The molecule has 1 amide bonds. The number of aromatic amines is 1. The van der Waals surface area contributed by atoms with Gasteiger partial charge in [0.25, 0.3) is 17.9 Å². The first kappa shape index (κ1) is 17.5. The molecule has 0 aliphatic heterocycles. The Morgan fingerprint density at radius 2 is 1.92 bits per heavy atom. The van der Waals surface area contributed by atoms with Gasteiger partial charge in [0.2, 0.25) is 0 Å². The van der Waals surface area contributed by atoms with Crippen LogP contribution in [0.1, 0.15) is 33.6 Å². The first-order valence-corrected chi connectivity index (χ1v) is 7.70. The number of carbonyl (C=O) groups is 2. The zero-order chi connectivity index (χ0) is 17.5. The SMILES string of the molecule is Cc1ccc(C(=O)N[C@H]2CCc3ccccc3C2)c(=O)[nH]1.O=CO. The summed E-state index contributed by atoms with van der Waals surface area (Å²) in [7, 11) is 0. The monoisotopic (exact) mass is 328 g/mol. The average Bonchev–Trinajstić information content (AvgIpc) is 2.55. The standard InChI is InChI=1S/C17H18N2O2.CH2O2/c1-11-6-9-15(16(20)18-11)17(21)19-14-8-7-12-4-2-3-5-13(12)10-14;2-1-3/h2-6,9,14H,7-8,10H2,1H3,(H,18,20)(H,19,21);1H,(H,2,3)/t14-;/m0./s1. The van der Waals surface area contributed by atoms with Gasteiger partial charge in [-0.25, -0.2) is 0 Å². The van der Waals surface area contributed by atoms with Gasteiger partial charge in [-0.1, -0.05) is 24.3 Å². The smallest absolute Gasteiger partial charge is 0.290 e. The molecule has 24 heavy (non-hydrogen) atoms. The van der Waals surface area contributed by atoms with Crippen LogP contribution in [0.2, 0.25) is 0 Å². The number of fused-ring (bicyclic) bond motifs is 1. The van der Waals surface area contributed by atoms with E-state index in [1.54, 1.807) is 19.1 Å². The zero-order valence-electron chi connectivity index (χ0n) is 13.4. The Kier molecular flexibility index (Phi) is 5.89. The summed E-state index contributed by atoms with van der Waals surface area (Å²) in [4.78, 5) is 35.0. The molecule has 2 aromatic rings. The lowest BCUT2D eigenvalue weighted by molar-refractivity contribution is -0.122. The molecule has 1 atom stereocenters. The van der Waals surface area contributed by atoms with E-state index in [0.717, 1.165) is 25.0 Å². The van der Waals surface area contributed by atoms with E-state index in [-0.39, 0.29) is 29.5 Å². The molecule has 3 rings (SSSR count). The van der Waals surface area contributed by atoms with Crippen molar-refractivity contribution in [2.45, 2.75) is 32.2 Å². The van der Waals surface area contributed by atoms with E-state index in [0.29, 0.717) is 0 Å². The summed E-state index contributed by atoms with van der Waals surface area (Å²) in [5, 5.41) is 9.87. The summed E-state index contributed by atoms with van der Waals surface area (Å²) in [6.45, 7) is 1.54. The number of nitrogens with one attached hydrogen (secondary N) is 2.